The standard InChI is InChI=1S/C8H20N2O/c1-7(2)8(3,11)6-9-10(4)5/h7,9,11H,6H2,1-5H3. The molecule has 3 heteroatoms. The van der Waals surface area contributed by atoms with E-state index in [4.69, 9.17) is 0 Å². The lowest BCUT2D eigenvalue weighted by Gasteiger charge is -2.29. The van der Waals surface area contributed by atoms with Gasteiger partial charge >= 0.3 is 0 Å². The molecule has 11 heavy (non-hydrogen) atoms. The molecular weight excluding hydrogens is 140 g/mol. The Balaban J connectivity index is 3.73. The minimum absolute atomic E-state index is 0.273. The molecule has 68 valence electrons. The van der Waals surface area contributed by atoms with E-state index in [1.165, 1.54) is 0 Å². The maximum atomic E-state index is 9.75. The first kappa shape index (κ1) is 10.9. The van der Waals surface area contributed by atoms with Gasteiger partial charge in [-0.2, -0.15) is 0 Å². The summed E-state index contributed by atoms with van der Waals surface area (Å²) in [5, 5.41) is 11.6. The number of aliphatic hydroxyl groups is 1. The fraction of sp³-hybridized carbons (Fsp3) is 1.00. The molecule has 0 aliphatic rings. The molecule has 0 aromatic carbocycles. The Kier molecular flexibility index (Phi) is 4.00. The second-order valence-corrected chi connectivity index (χ2v) is 3.74. The predicted molar refractivity (Wildman–Crippen MR) is 47.2 cm³/mol. The van der Waals surface area contributed by atoms with E-state index in [2.05, 4.69) is 5.43 Å². The lowest BCUT2D eigenvalue weighted by atomic mass is 9.93. The third-order valence-electron chi connectivity index (χ3n) is 2.00. The normalized spacial score (nSPS) is 17.5. The molecule has 0 aromatic heterocycles. The summed E-state index contributed by atoms with van der Waals surface area (Å²) in [6.45, 7) is 6.46. The van der Waals surface area contributed by atoms with Crippen LogP contribution >= 0.6 is 0 Å². The third kappa shape index (κ3) is 4.35. The van der Waals surface area contributed by atoms with E-state index in [0.29, 0.717) is 6.54 Å². The molecule has 0 saturated carbocycles. The molecule has 0 aliphatic heterocycles. The van der Waals surface area contributed by atoms with Gasteiger partial charge in [0.05, 0.1) is 5.60 Å². The van der Waals surface area contributed by atoms with Gasteiger partial charge in [0.15, 0.2) is 0 Å². The summed E-state index contributed by atoms with van der Waals surface area (Å²) in [6, 6.07) is 0. The first-order valence-electron chi connectivity index (χ1n) is 3.99. The molecule has 0 heterocycles. The number of nitrogens with zero attached hydrogens (tertiary/aromatic N) is 1. The largest absolute Gasteiger partial charge is 0.389 e. The summed E-state index contributed by atoms with van der Waals surface area (Å²) in [7, 11) is 3.83. The van der Waals surface area contributed by atoms with E-state index < -0.39 is 5.60 Å². The van der Waals surface area contributed by atoms with Gasteiger partial charge in [-0.25, -0.2) is 0 Å². The first-order valence-corrected chi connectivity index (χ1v) is 3.99. The summed E-state index contributed by atoms with van der Waals surface area (Å²) < 4.78 is 0. The average molecular weight is 160 g/mol. The zero-order chi connectivity index (χ0) is 9.07. The van der Waals surface area contributed by atoms with Crippen LogP contribution in [0.1, 0.15) is 20.8 Å². The summed E-state index contributed by atoms with van der Waals surface area (Å²) in [4.78, 5) is 0. The molecule has 2 N–H and O–H groups in total. The SMILES string of the molecule is CC(C)C(C)(O)CNN(C)C. The van der Waals surface area contributed by atoms with Crippen molar-refractivity contribution in [3.63, 3.8) is 0 Å². The van der Waals surface area contributed by atoms with Gasteiger partial charge in [-0.1, -0.05) is 13.8 Å². The van der Waals surface area contributed by atoms with Gasteiger partial charge in [0.25, 0.3) is 0 Å². The van der Waals surface area contributed by atoms with Crippen LogP contribution in [0.25, 0.3) is 0 Å². The van der Waals surface area contributed by atoms with E-state index in [1.54, 1.807) is 0 Å². The van der Waals surface area contributed by atoms with Gasteiger partial charge in [-0.05, 0) is 12.8 Å². The summed E-state index contributed by atoms with van der Waals surface area (Å²) in [6.07, 6.45) is 0. The fourth-order valence-corrected chi connectivity index (χ4v) is 0.522. The Morgan fingerprint density at radius 3 is 2.18 bits per heavy atom. The van der Waals surface area contributed by atoms with Crippen LogP contribution in [0.4, 0.5) is 0 Å². The second kappa shape index (κ2) is 4.04. The Hall–Kier alpha value is -0.120. The number of hydrazine groups is 1. The first-order chi connectivity index (χ1) is 4.86. The van der Waals surface area contributed by atoms with Crippen molar-refractivity contribution in [1.82, 2.24) is 10.4 Å². The zero-order valence-corrected chi connectivity index (χ0v) is 8.18. The van der Waals surface area contributed by atoms with Crippen LogP contribution in [-0.4, -0.2) is 36.4 Å². The molecule has 3 nitrogen and oxygen atoms in total. The monoisotopic (exact) mass is 160 g/mol. The molecule has 1 unspecified atom stereocenters. The van der Waals surface area contributed by atoms with Crippen molar-refractivity contribution < 1.29 is 5.11 Å². The van der Waals surface area contributed by atoms with Gasteiger partial charge in [0.2, 0.25) is 0 Å². The van der Waals surface area contributed by atoms with Gasteiger partial charge in [-0.3, -0.25) is 10.4 Å². The van der Waals surface area contributed by atoms with Crippen molar-refractivity contribution >= 4 is 0 Å². The average Bonchev–Trinajstić information content (AvgIpc) is 1.84. The minimum Gasteiger partial charge on any atom is -0.389 e. The number of hydrogen-bond donors (Lipinski definition) is 2. The minimum atomic E-state index is -0.621. The molecule has 0 aliphatic carbocycles. The smallest absolute Gasteiger partial charge is 0.0780 e. The van der Waals surface area contributed by atoms with Crippen molar-refractivity contribution in [2.75, 3.05) is 20.6 Å². The number of rotatable bonds is 4. The third-order valence-corrected chi connectivity index (χ3v) is 2.00. The molecule has 1 atom stereocenters. The Labute approximate surface area is 69.4 Å². The van der Waals surface area contributed by atoms with Crippen LogP contribution in [0.15, 0.2) is 0 Å². The molecule has 0 fully saturated rings. The molecule has 0 rings (SSSR count). The van der Waals surface area contributed by atoms with Crippen molar-refractivity contribution in [3.8, 4) is 0 Å². The van der Waals surface area contributed by atoms with Crippen molar-refractivity contribution in [3.05, 3.63) is 0 Å². The van der Waals surface area contributed by atoms with Gasteiger partial charge < -0.3 is 5.11 Å². The van der Waals surface area contributed by atoms with E-state index in [0.717, 1.165) is 0 Å². The van der Waals surface area contributed by atoms with Crippen LogP contribution < -0.4 is 5.43 Å². The molecular formula is C8H20N2O. The molecule has 0 aromatic rings. The van der Waals surface area contributed by atoms with Crippen molar-refractivity contribution in [1.29, 1.82) is 0 Å². The quantitative estimate of drug-likeness (QED) is 0.586. The highest BCUT2D eigenvalue weighted by atomic mass is 16.3. The number of hydrogen-bond acceptors (Lipinski definition) is 3. The summed E-state index contributed by atoms with van der Waals surface area (Å²) in [5.74, 6) is 0.273. The van der Waals surface area contributed by atoms with Gasteiger partial charge in [-0.15, -0.1) is 0 Å². The fourth-order valence-electron chi connectivity index (χ4n) is 0.522. The van der Waals surface area contributed by atoms with Crippen LogP contribution in [0.3, 0.4) is 0 Å². The van der Waals surface area contributed by atoms with Crippen LogP contribution in [-0.2, 0) is 0 Å². The van der Waals surface area contributed by atoms with E-state index in [1.807, 2.05) is 39.9 Å². The lowest BCUT2D eigenvalue weighted by molar-refractivity contribution is 0.000436. The van der Waals surface area contributed by atoms with Crippen molar-refractivity contribution in [2.45, 2.75) is 26.4 Å². The topological polar surface area (TPSA) is 35.5 Å². The highest BCUT2D eigenvalue weighted by molar-refractivity contribution is 4.77. The summed E-state index contributed by atoms with van der Waals surface area (Å²) in [5.41, 5.74) is 2.43. The molecule has 0 radical (unpaired) electrons. The van der Waals surface area contributed by atoms with Crippen LogP contribution in [0.5, 0.6) is 0 Å². The van der Waals surface area contributed by atoms with E-state index >= 15 is 0 Å². The van der Waals surface area contributed by atoms with Crippen LogP contribution in [0, 0.1) is 5.92 Å². The lowest BCUT2D eigenvalue weighted by Crippen LogP contribution is -2.46. The van der Waals surface area contributed by atoms with Crippen molar-refractivity contribution in [2.24, 2.45) is 5.92 Å². The maximum Gasteiger partial charge on any atom is 0.0780 e. The van der Waals surface area contributed by atoms with E-state index in [9.17, 15) is 5.11 Å². The Morgan fingerprint density at radius 2 is 1.91 bits per heavy atom. The highest BCUT2D eigenvalue weighted by Crippen LogP contribution is 2.14. The molecule has 0 amide bonds. The van der Waals surface area contributed by atoms with Crippen LogP contribution in [0.2, 0.25) is 0 Å². The Morgan fingerprint density at radius 1 is 1.45 bits per heavy atom. The molecule has 0 bridgehead atoms. The second-order valence-electron chi connectivity index (χ2n) is 3.74. The number of nitrogens with one attached hydrogen (secondary N) is 1. The Bertz CT molecular complexity index is 111. The van der Waals surface area contributed by atoms with Gasteiger partial charge in [0, 0.05) is 20.6 Å². The molecule has 0 spiro atoms. The molecule has 0 saturated heterocycles. The zero-order valence-electron chi connectivity index (χ0n) is 8.18. The predicted octanol–water partition coefficient (Wildman–Crippen LogP) is 0.460. The maximum absolute atomic E-state index is 9.75. The highest BCUT2D eigenvalue weighted by Gasteiger charge is 2.24. The summed E-state index contributed by atoms with van der Waals surface area (Å²) >= 11 is 0. The van der Waals surface area contributed by atoms with Gasteiger partial charge in [0.1, 0.15) is 0 Å². The van der Waals surface area contributed by atoms with E-state index in [-0.39, 0.29) is 5.92 Å².